The SMILES string of the molecule is COC(C)(C)C(=O)c1c(Cl)cnn1C(C)C. The number of ketones is 1. The van der Waals surface area contributed by atoms with Gasteiger partial charge in [0.1, 0.15) is 11.3 Å². The van der Waals surface area contributed by atoms with Crippen molar-refractivity contribution in [2.75, 3.05) is 7.11 Å². The third-order valence-corrected chi connectivity index (χ3v) is 2.79. The molecule has 0 bridgehead atoms. The molecule has 1 heterocycles. The maximum absolute atomic E-state index is 12.2. The average Bonchev–Trinajstić information content (AvgIpc) is 2.59. The summed E-state index contributed by atoms with van der Waals surface area (Å²) in [6.07, 6.45) is 1.49. The Kier molecular flexibility index (Phi) is 3.76. The van der Waals surface area contributed by atoms with E-state index in [2.05, 4.69) is 5.10 Å². The molecule has 0 unspecified atom stereocenters. The van der Waals surface area contributed by atoms with Crippen molar-refractivity contribution >= 4 is 17.4 Å². The molecule has 5 heteroatoms. The number of Topliss-reactive ketones (excluding diaryl/α,β-unsaturated/α-hetero) is 1. The minimum absolute atomic E-state index is 0.0825. The molecule has 0 amide bonds. The number of nitrogens with zero attached hydrogens (tertiary/aromatic N) is 2. The Bertz CT molecular complexity index is 397. The molecule has 0 aliphatic heterocycles. The lowest BCUT2D eigenvalue weighted by Gasteiger charge is -2.22. The maximum atomic E-state index is 12.2. The van der Waals surface area contributed by atoms with Crippen LogP contribution >= 0.6 is 11.6 Å². The van der Waals surface area contributed by atoms with Crippen LogP contribution in [-0.2, 0) is 4.74 Å². The second-order valence-electron chi connectivity index (χ2n) is 4.42. The van der Waals surface area contributed by atoms with Gasteiger partial charge >= 0.3 is 0 Å². The van der Waals surface area contributed by atoms with E-state index in [1.807, 2.05) is 13.8 Å². The lowest BCUT2D eigenvalue weighted by molar-refractivity contribution is 0.0217. The highest BCUT2D eigenvalue weighted by Gasteiger charge is 2.33. The highest BCUT2D eigenvalue weighted by Crippen LogP contribution is 2.24. The van der Waals surface area contributed by atoms with E-state index in [1.165, 1.54) is 13.3 Å². The molecule has 0 fully saturated rings. The van der Waals surface area contributed by atoms with Gasteiger partial charge in [-0.1, -0.05) is 11.6 Å². The minimum Gasteiger partial charge on any atom is -0.371 e. The summed E-state index contributed by atoms with van der Waals surface area (Å²) in [6, 6.07) is 0.0825. The van der Waals surface area contributed by atoms with Crippen LogP contribution in [-0.4, -0.2) is 28.3 Å². The van der Waals surface area contributed by atoms with E-state index in [4.69, 9.17) is 16.3 Å². The topological polar surface area (TPSA) is 44.1 Å². The molecule has 1 aromatic rings. The van der Waals surface area contributed by atoms with Crippen LogP contribution in [0.2, 0.25) is 5.02 Å². The molecule has 0 aliphatic carbocycles. The highest BCUT2D eigenvalue weighted by molar-refractivity contribution is 6.34. The van der Waals surface area contributed by atoms with Gasteiger partial charge in [0.25, 0.3) is 0 Å². The Hall–Kier alpha value is -0.870. The van der Waals surface area contributed by atoms with E-state index in [-0.39, 0.29) is 11.8 Å². The van der Waals surface area contributed by atoms with Gasteiger partial charge in [0, 0.05) is 13.2 Å². The molecular weight excluding hydrogens is 228 g/mol. The van der Waals surface area contributed by atoms with E-state index in [0.29, 0.717) is 10.7 Å². The van der Waals surface area contributed by atoms with E-state index < -0.39 is 5.60 Å². The van der Waals surface area contributed by atoms with Crippen molar-refractivity contribution in [1.29, 1.82) is 0 Å². The number of carbonyl (C=O) groups is 1. The third-order valence-electron chi connectivity index (χ3n) is 2.51. The predicted molar refractivity (Wildman–Crippen MR) is 63.0 cm³/mol. The smallest absolute Gasteiger partial charge is 0.213 e. The number of ether oxygens (including phenoxy) is 1. The number of rotatable bonds is 4. The van der Waals surface area contributed by atoms with Crippen molar-refractivity contribution in [2.45, 2.75) is 39.3 Å². The Morgan fingerprint density at radius 2 is 2.12 bits per heavy atom. The second-order valence-corrected chi connectivity index (χ2v) is 4.83. The van der Waals surface area contributed by atoms with Gasteiger partial charge in [-0.3, -0.25) is 9.48 Å². The first-order chi connectivity index (χ1) is 7.31. The van der Waals surface area contributed by atoms with Crippen molar-refractivity contribution in [1.82, 2.24) is 9.78 Å². The van der Waals surface area contributed by atoms with Gasteiger partial charge in [-0.05, 0) is 27.7 Å². The van der Waals surface area contributed by atoms with Gasteiger partial charge in [-0.15, -0.1) is 0 Å². The fraction of sp³-hybridized carbons (Fsp3) is 0.636. The van der Waals surface area contributed by atoms with Crippen LogP contribution in [0.3, 0.4) is 0 Å². The second kappa shape index (κ2) is 4.55. The third kappa shape index (κ3) is 2.28. The molecule has 0 aromatic carbocycles. The van der Waals surface area contributed by atoms with Crippen LogP contribution in [0.25, 0.3) is 0 Å². The monoisotopic (exact) mass is 244 g/mol. The molecule has 1 aromatic heterocycles. The van der Waals surface area contributed by atoms with Crippen molar-refractivity contribution in [3.8, 4) is 0 Å². The zero-order valence-corrected chi connectivity index (χ0v) is 11.0. The summed E-state index contributed by atoms with van der Waals surface area (Å²) < 4.78 is 6.78. The lowest BCUT2D eigenvalue weighted by atomic mass is 10.0. The number of halogens is 1. The zero-order chi connectivity index (χ0) is 12.5. The standard InChI is InChI=1S/C11H17ClN2O2/c1-7(2)14-9(8(12)6-13-14)10(15)11(3,4)16-5/h6-7H,1-5H3. The largest absolute Gasteiger partial charge is 0.371 e. The molecule has 0 N–H and O–H groups in total. The van der Waals surface area contributed by atoms with Gasteiger partial charge in [0.15, 0.2) is 0 Å². The predicted octanol–water partition coefficient (Wildman–Crippen LogP) is 2.73. The summed E-state index contributed by atoms with van der Waals surface area (Å²) >= 11 is 5.99. The average molecular weight is 245 g/mol. The summed E-state index contributed by atoms with van der Waals surface area (Å²) in [6.45, 7) is 7.31. The first-order valence-corrected chi connectivity index (χ1v) is 5.52. The minimum atomic E-state index is -0.893. The Labute approximate surface area is 101 Å². The Morgan fingerprint density at radius 3 is 2.56 bits per heavy atom. The number of methoxy groups -OCH3 is 1. The Balaban J connectivity index is 3.22. The van der Waals surface area contributed by atoms with E-state index in [1.54, 1.807) is 18.5 Å². The maximum Gasteiger partial charge on any atom is 0.213 e. The van der Waals surface area contributed by atoms with Crippen molar-refractivity contribution in [3.63, 3.8) is 0 Å². The summed E-state index contributed by atoms with van der Waals surface area (Å²) in [4.78, 5) is 12.2. The van der Waals surface area contributed by atoms with Gasteiger partial charge < -0.3 is 4.74 Å². The number of carbonyl (C=O) groups excluding carboxylic acids is 1. The number of hydrogen-bond acceptors (Lipinski definition) is 3. The quantitative estimate of drug-likeness (QED) is 0.765. The van der Waals surface area contributed by atoms with Gasteiger partial charge in [-0.2, -0.15) is 5.10 Å². The molecular formula is C11H17ClN2O2. The van der Waals surface area contributed by atoms with Crippen LogP contribution in [0, 0.1) is 0 Å². The molecule has 90 valence electrons. The van der Waals surface area contributed by atoms with Crippen LogP contribution in [0.4, 0.5) is 0 Å². The normalized spacial score (nSPS) is 12.2. The fourth-order valence-electron chi connectivity index (χ4n) is 1.32. The first-order valence-electron chi connectivity index (χ1n) is 5.14. The first kappa shape index (κ1) is 13.2. The molecule has 0 atom stereocenters. The molecule has 4 nitrogen and oxygen atoms in total. The van der Waals surface area contributed by atoms with E-state index in [9.17, 15) is 4.79 Å². The van der Waals surface area contributed by atoms with Gasteiger partial charge in [-0.25, -0.2) is 0 Å². The van der Waals surface area contributed by atoms with Gasteiger partial charge in [0.05, 0.1) is 11.2 Å². The summed E-state index contributed by atoms with van der Waals surface area (Å²) in [7, 11) is 1.50. The van der Waals surface area contributed by atoms with E-state index in [0.717, 1.165) is 0 Å². The molecule has 1 rings (SSSR count). The lowest BCUT2D eigenvalue weighted by Crippen LogP contribution is -2.35. The highest BCUT2D eigenvalue weighted by atomic mass is 35.5. The van der Waals surface area contributed by atoms with Crippen LogP contribution in [0.1, 0.15) is 44.2 Å². The zero-order valence-electron chi connectivity index (χ0n) is 10.2. The van der Waals surface area contributed by atoms with Crippen LogP contribution in [0.15, 0.2) is 6.20 Å². The molecule has 0 spiro atoms. The molecule has 16 heavy (non-hydrogen) atoms. The number of aromatic nitrogens is 2. The van der Waals surface area contributed by atoms with Crippen LogP contribution in [0.5, 0.6) is 0 Å². The van der Waals surface area contributed by atoms with Crippen LogP contribution < -0.4 is 0 Å². The number of hydrogen-bond donors (Lipinski definition) is 0. The Morgan fingerprint density at radius 1 is 1.56 bits per heavy atom. The molecule has 0 saturated carbocycles. The molecule has 0 radical (unpaired) electrons. The van der Waals surface area contributed by atoms with Crippen molar-refractivity contribution in [2.24, 2.45) is 0 Å². The van der Waals surface area contributed by atoms with E-state index >= 15 is 0 Å². The summed E-state index contributed by atoms with van der Waals surface area (Å²) in [5, 5.41) is 4.46. The molecule has 0 aliphatic rings. The van der Waals surface area contributed by atoms with Crippen molar-refractivity contribution in [3.05, 3.63) is 16.9 Å². The fourth-order valence-corrected chi connectivity index (χ4v) is 1.54. The summed E-state index contributed by atoms with van der Waals surface area (Å²) in [5.74, 6) is -0.161. The van der Waals surface area contributed by atoms with Crippen molar-refractivity contribution < 1.29 is 9.53 Å². The molecule has 0 saturated heterocycles. The summed E-state index contributed by atoms with van der Waals surface area (Å²) in [5.41, 5.74) is -0.487. The van der Waals surface area contributed by atoms with Gasteiger partial charge in [0.2, 0.25) is 5.78 Å².